The van der Waals surface area contributed by atoms with Gasteiger partial charge in [0.2, 0.25) is 0 Å². The zero-order chi connectivity index (χ0) is 25.0. The second-order valence-electron chi connectivity index (χ2n) is 10.3. The van der Waals surface area contributed by atoms with Crippen molar-refractivity contribution in [1.82, 2.24) is 19.6 Å². The first-order valence-electron chi connectivity index (χ1n) is 13.7. The largest absolute Gasteiger partial charge is 0.492 e. The van der Waals surface area contributed by atoms with Gasteiger partial charge in [0.05, 0.1) is 6.54 Å². The highest BCUT2D eigenvalue weighted by Crippen LogP contribution is 2.15. The van der Waals surface area contributed by atoms with Crippen molar-refractivity contribution in [3.8, 4) is 5.75 Å². The van der Waals surface area contributed by atoms with Gasteiger partial charge in [-0.2, -0.15) is 0 Å². The number of carbonyl (C=O) groups is 2. The van der Waals surface area contributed by atoms with Crippen LogP contribution in [0.15, 0.2) is 24.3 Å². The lowest BCUT2D eigenvalue weighted by Gasteiger charge is -2.34. The Morgan fingerprint density at radius 3 is 1.83 bits per heavy atom. The summed E-state index contributed by atoms with van der Waals surface area (Å²) in [7, 11) is 0. The molecule has 0 bridgehead atoms. The van der Waals surface area contributed by atoms with Crippen molar-refractivity contribution in [2.75, 3.05) is 65.5 Å². The van der Waals surface area contributed by atoms with Gasteiger partial charge in [-0.3, -0.25) is 4.79 Å². The number of benzene rings is 1. The lowest BCUT2D eigenvalue weighted by Crippen LogP contribution is -2.49. The smallest absolute Gasteiger partial charge is 0.320 e. The molecule has 1 aromatic rings. The first-order valence-corrected chi connectivity index (χ1v) is 13.7. The molecule has 2 heterocycles. The lowest BCUT2D eigenvalue weighted by molar-refractivity contribution is 0.101. The van der Waals surface area contributed by atoms with E-state index in [2.05, 4.69) is 28.5 Å². The molecule has 0 N–H and O–H groups in total. The van der Waals surface area contributed by atoms with Crippen LogP contribution in [0.25, 0.3) is 0 Å². The summed E-state index contributed by atoms with van der Waals surface area (Å²) in [6.07, 6.45) is 7.27. The molecule has 0 unspecified atom stereocenters. The van der Waals surface area contributed by atoms with Crippen molar-refractivity contribution >= 4 is 11.8 Å². The lowest BCUT2D eigenvalue weighted by atomic mass is 10.1. The third-order valence-corrected chi connectivity index (χ3v) is 7.20. The number of hydrogen-bond acceptors (Lipinski definition) is 5. The first kappa shape index (κ1) is 27.5. The highest BCUT2D eigenvalue weighted by atomic mass is 16.5. The van der Waals surface area contributed by atoms with Gasteiger partial charge in [-0.15, -0.1) is 0 Å². The van der Waals surface area contributed by atoms with Crippen molar-refractivity contribution in [1.29, 1.82) is 0 Å². The number of nitrogens with zero attached hydrogens (tertiary/aromatic N) is 4. The normalized spacial score (nSPS) is 16.7. The second-order valence-corrected chi connectivity index (χ2v) is 10.3. The molecule has 2 saturated heterocycles. The van der Waals surface area contributed by atoms with Gasteiger partial charge in [0.25, 0.3) is 0 Å². The SMILES string of the molecule is CC(=O)c1ccc(OCCN(C(=O)N(CCCN2CCCC2)CCCN2CCCC2)C(C)C)cc1. The number of amides is 2. The number of carbonyl (C=O) groups excluding carboxylic acids is 2. The zero-order valence-corrected chi connectivity index (χ0v) is 22.2. The monoisotopic (exact) mass is 486 g/mol. The van der Waals surface area contributed by atoms with Gasteiger partial charge in [0.15, 0.2) is 5.78 Å². The van der Waals surface area contributed by atoms with E-state index in [1.807, 2.05) is 17.0 Å². The molecule has 7 nitrogen and oxygen atoms in total. The quantitative estimate of drug-likeness (QED) is 0.366. The first-order chi connectivity index (χ1) is 16.9. The average molecular weight is 487 g/mol. The van der Waals surface area contributed by atoms with Gasteiger partial charge in [0, 0.05) is 24.7 Å². The number of hydrogen-bond donors (Lipinski definition) is 0. The van der Waals surface area contributed by atoms with Gasteiger partial charge in [0.1, 0.15) is 12.4 Å². The van der Waals surface area contributed by atoms with Crippen LogP contribution in [0.3, 0.4) is 0 Å². The van der Waals surface area contributed by atoms with E-state index in [0.717, 1.165) is 44.8 Å². The van der Waals surface area contributed by atoms with Crippen LogP contribution in [-0.4, -0.2) is 103 Å². The van der Waals surface area contributed by atoms with Crippen LogP contribution in [0.4, 0.5) is 4.79 Å². The van der Waals surface area contributed by atoms with Crippen LogP contribution in [0.5, 0.6) is 5.75 Å². The van der Waals surface area contributed by atoms with E-state index in [0.29, 0.717) is 18.7 Å². The van der Waals surface area contributed by atoms with Gasteiger partial charge in [-0.25, -0.2) is 4.79 Å². The fourth-order valence-electron chi connectivity index (χ4n) is 5.09. The number of ether oxygens (including phenoxy) is 1. The van der Waals surface area contributed by atoms with Crippen molar-refractivity contribution in [3.63, 3.8) is 0 Å². The maximum absolute atomic E-state index is 13.6. The summed E-state index contributed by atoms with van der Waals surface area (Å²) in [5, 5.41) is 0. The van der Waals surface area contributed by atoms with Gasteiger partial charge >= 0.3 is 6.03 Å². The summed E-state index contributed by atoms with van der Waals surface area (Å²) in [4.78, 5) is 34.2. The minimum Gasteiger partial charge on any atom is -0.492 e. The predicted molar refractivity (Wildman–Crippen MR) is 141 cm³/mol. The molecule has 2 fully saturated rings. The fourth-order valence-corrected chi connectivity index (χ4v) is 5.09. The Labute approximate surface area is 212 Å². The van der Waals surface area contributed by atoms with E-state index < -0.39 is 0 Å². The van der Waals surface area contributed by atoms with Crippen molar-refractivity contribution in [2.45, 2.75) is 65.3 Å². The maximum atomic E-state index is 13.6. The van der Waals surface area contributed by atoms with Crippen LogP contribution < -0.4 is 4.74 Å². The third kappa shape index (κ3) is 9.12. The molecule has 2 aliphatic heterocycles. The second kappa shape index (κ2) is 14.4. The molecule has 3 rings (SSSR count). The molecule has 2 amide bonds. The van der Waals surface area contributed by atoms with E-state index in [1.165, 1.54) is 51.9 Å². The topological polar surface area (TPSA) is 56.3 Å². The Balaban J connectivity index is 1.52. The Bertz CT molecular complexity index is 749. The summed E-state index contributed by atoms with van der Waals surface area (Å²) < 4.78 is 5.91. The Morgan fingerprint density at radius 2 is 1.37 bits per heavy atom. The molecule has 35 heavy (non-hydrogen) atoms. The van der Waals surface area contributed by atoms with E-state index >= 15 is 0 Å². The summed E-state index contributed by atoms with van der Waals surface area (Å²) in [5.41, 5.74) is 0.676. The Morgan fingerprint density at radius 1 is 0.857 bits per heavy atom. The molecule has 1 aromatic carbocycles. The Kier molecular flexibility index (Phi) is 11.3. The summed E-state index contributed by atoms with van der Waals surface area (Å²) in [6.45, 7) is 15.3. The van der Waals surface area contributed by atoms with E-state index in [4.69, 9.17) is 4.74 Å². The minimum atomic E-state index is 0.0442. The molecule has 2 aliphatic rings. The maximum Gasteiger partial charge on any atom is 0.320 e. The molecule has 0 spiro atoms. The number of urea groups is 1. The molecule has 0 aliphatic carbocycles. The van der Waals surface area contributed by atoms with Crippen LogP contribution in [0.2, 0.25) is 0 Å². The van der Waals surface area contributed by atoms with Crippen LogP contribution in [-0.2, 0) is 0 Å². The molecule has 196 valence electrons. The Hall–Kier alpha value is -2.12. The van der Waals surface area contributed by atoms with E-state index in [9.17, 15) is 9.59 Å². The highest BCUT2D eigenvalue weighted by Gasteiger charge is 2.24. The molecule has 0 radical (unpaired) electrons. The van der Waals surface area contributed by atoms with Crippen molar-refractivity contribution in [3.05, 3.63) is 29.8 Å². The molecular formula is C28H46N4O3. The van der Waals surface area contributed by atoms with Crippen molar-refractivity contribution in [2.24, 2.45) is 0 Å². The summed E-state index contributed by atoms with van der Waals surface area (Å²) in [5.74, 6) is 0.766. The van der Waals surface area contributed by atoms with Gasteiger partial charge in [-0.1, -0.05) is 0 Å². The van der Waals surface area contributed by atoms with Gasteiger partial charge < -0.3 is 24.3 Å². The molecule has 0 atom stereocenters. The summed E-state index contributed by atoms with van der Waals surface area (Å²) >= 11 is 0. The van der Waals surface area contributed by atoms with Crippen LogP contribution in [0.1, 0.15) is 69.7 Å². The number of likely N-dealkylation sites (tertiary alicyclic amines) is 2. The number of Topliss-reactive ketones (excluding diaryl/α,β-unsaturated/α-hetero) is 1. The van der Waals surface area contributed by atoms with E-state index in [1.54, 1.807) is 19.1 Å². The fraction of sp³-hybridized carbons (Fsp3) is 0.714. The molecule has 0 saturated carbocycles. The zero-order valence-electron chi connectivity index (χ0n) is 22.2. The molecular weight excluding hydrogens is 440 g/mol. The molecule has 0 aromatic heterocycles. The van der Waals surface area contributed by atoms with Gasteiger partial charge in [-0.05, 0) is 123 Å². The minimum absolute atomic E-state index is 0.0442. The standard InChI is InChI=1S/C28H46N4O3/c1-24(2)32(22-23-35-27-12-10-26(11-13-27)25(3)33)28(34)31(20-8-18-29-14-4-5-15-29)21-9-19-30-16-6-7-17-30/h10-13,24H,4-9,14-23H2,1-3H3. The number of rotatable bonds is 14. The van der Waals surface area contributed by atoms with E-state index in [-0.39, 0.29) is 17.9 Å². The predicted octanol–water partition coefficient (Wildman–Crippen LogP) is 4.37. The van der Waals surface area contributed by atoms with Crippen molar-refractivity contribution < 1.29 is 14.3 Å². The van der Waals surface area contributed by atoms with Crippen LogP contribution >= 0.6 is 0 Å². The average Bonchev–Trinajstić information content (AvgIpc) is 3.55. The van der Waals surface area contributed by atoms with Crippen LogP contribution in [0, 0.1) is 0 Å². The third-order valence-electron chi connectivity index (χ3n) is 7.20. The highest BCUT2D eigenvalue weighted by molar-refractivity contribution is 5.94. The summed E-state index contributed by atoms with van der Waals surface area (Å²) in [6, 6.07) is 7.43. The number of ketones is 1. The molecule has 7 heteroatoms.